The zero-order valence-corrected chi connectivity index (χ0v) is 15.6. The number of carbonyl (C=O) groups is 1. The predicted molar refractivity (Wildman–Crippen MR) is 105 cm³/mol. The molecule has 0 atom stereocenters. The van der Waals surface area contributed by atoms with Crippen LogP contribution in [0.4, 0.5) is 5.69 Å². The van der Waals surface area contributed by atoms with Crippen molar-refractivity contribution in [2.24, 2.45) is 0 Å². The maximum atomic E-state index is 12.6. The second-order valence-corrected chi connectivity index (χ2v) is 6.77. The van der Waals surface area contributed by atoms with E-state index in [2.05, 4.69) is 31.4 Å². The Morgan fingerprint density at radius 1 is 1.00 bits per heavy atom. The topological polar surface area (TPSA) is 81.3 Å². The fraction of sp³-hybridized carbons (Fsp3) is 0.0526. The van der Waals surface area contributed by atoms with Crippen LogP contribution in [-0.4, -0.2) is 25.3 Å². The largest absolute Gasteiger partial charge is 0.367 e. The van der Waals surface area contributed by atoms with Crippen LogP contribution >= 0.6 is 15.9 Å². The first kappa shape index (κ1) is 17.2. The van der Waals surface area contributed by atoms with Crippen molar-refractivity contribution >= 4 is 33.2 Å². The molecule has 0 bridgehead atoms. The van der Waals surface area contributed by atoms with Gasteiger partial charge in [-0.25, -0.2) is 9.48 Å². The molecule has 0 spiro atoms. The summed E-state index contributed by atoms with van der Waals surface area (Å²) in [7, 11) is 0. The average molecular weight is 424 g/mol. The van der Waals surface area contributed by atoms with Crippen LogP contribution in [0.5, 0.6) is 0 Å². The molecule has 0 saturated heterocycles. The van der Waals surface area contributed by atoms with E-state index in [0.29, 0.717) is 17.0 Å². The molecule has 0 fully saturated rings. The third kappa shape index (κ3) is 3.65. The molecular formula is C19H14BrN5O2. The number of amides is 1. The molecule has 0 aliphatic rings. The summed E-state index contributed by atoms with van der Waals surface area (Å²) in [5, 5.41) is 11.3. The van der Waals surface area contributed by atoms with Gasteiger partial charge in [-0.1, -0.05) is 52.3 Å². The van der Waals surface area contributed by atoms with E-state index in [1.165, 1.54) is 4.52 Å². The maximum Gasteiger partial charge on any atom is 0.367 e. The molecule has 134 valence electrons. The Balaban J connectivity index is 1.60. The van der Waals surface area contributed by atoms with Gasteiger partial charge in [0.25, 0.3) is 0 Å². The summed E-state index contributed by atoms with van der Waals surface area (Å²) in [4.78, 5) is 24.8. The van der Waals surface area contributed by atoms with Crippen molar-refractivity contribution in [3.05, 3.63) is 81.7 Å². The first-order valence-electron chi connectivity index (χ1n) is 8.18. The van der Waals surface area contributed by atoms with Gasteiger partial charge in [0.15, 0.2) is 5.65 Å². The van der Waals surface area contributed by atoms with Crippen LogP contribution in [0, 0.1) is 0 Å². The number of halogens is 1. The summed E-state index contributed by atoms with van der Waals surface area (Å²) >= 11 is 3.35. The highest BCUT2D eigenvalue weighted by atomic mass is 79.9. The number of nitrogens with zero attached hydrogens (tertiary/aromatic N) is 4. The van der Waals surface area contributed by atoms with E-state index in [4.69, 9.17) is 0 Å². The van der Waals surface area contributed by atoms with Gasteiger partial charge in [0.05, 0.1) is 5.69 Å². The van der Waals surface area contributed by atoms with Gasteiger partial charge < -0.3 is 5.32 Å². The van der Waals surface area contributed by atoms with Crippen molar-refractivity contribution in [1.82, 2.24) is 19.4 Å². The number of anilines is 1. The molecule has 2 aromatic carbocycles. The van der Waals surface area contributed by atoms with Gasteiger partial charge >= 0.3 is 5.69 Å². The number of rotatable bonds is 4. The first-order chi connectivity index (χ1) is 13.1. The lowest BCUT2D eigenvalue weighted by molar-refractivity contribution is -0.117. The van der Waals surface area contributed by atoms with Gasteiger partial charge in [-0.2, -0.15) is 9.61 Å². The van der Waals surface area contributed by atoms with Crippen molar-refractivity contribution in [2.75, 3.05) is 5.32 Å². The smallest absolute Gasteiger partial charge is 0.324 e. The molecule has 0 saturated carbocycles. The Morgan fingerprint density at radius 3 is 2.59 bits per heavy atom. The summed E-state index contributed by atoms with van der Waals surface area (Å²) < 4.78 is 3.15. The quantitative estimate of drug-likeness (QED) is 0.546. The number of aromatic nitrogens is 4. The summed E-state index contributed by atoms with van der Waals surface area (Å²) in [6.45, 7) is -0.199. The van der Waals surface area contributed by atoms with E-state index in [1.807, 2.05) is 42.5 Å². The molecule has 8 heteroatoms. The second-order valence-electron chi connectivity index (χ2n) is 5.85. The lowest BCUT2D eigenvalue weighted by Gasteiger charge is -2.04. The Kier molecular flexibility index (Phi) is 4.55. The van der Waals surface area contributed by atoms with Crippen molar-refractivity contribution < 1.29 is 4.79 Å². The molecule has 0 aliphatic heterocycles. The molecule has 1 amide bonds. The third-order valence-corrected chi connectivity index (χ3v) is 4.40. The molecule has 0 aliphatic carbocycles. The number of carbonyl (C=O) groups excluding carboxylic acids is 1. The van der Waals surface area contributed by atoms with Crippen LogP contribution in [0.25, 0.3) is 16.9 Å². The first-order valence-corrected chi connectivity index (χ1v) is 8.97. The number of hydrogen-bond acceptors (Lipinski definition) is 4. The Hall–Kier alpha value is -3.26. The third-order valence-electron chi connectivity index (χ3n) is 3.91. The summed E-state index contributed by atoms with van der Waals surface area (Å²) in [5.74, 6) is -0.345. The van der Waals surface area contributed by atoms with Gasteiger partial charge in [0.1, 0.15) is 6.54 Å². The Morgan fingerprint density at radius 2 is 1.81 bits per heavy atom. The van der Waals surface area contributed by atoms with Crippen LogP contribution in [0.2, 0.25) is 0 Å². The molecule has 0 unspecified atom stereocenters. The summed E-state index contributed by atoms with van der Waals surface area (Å²) in [6.07, 6.45) is 0. The highest BCUT2D eigenvalue weighted by Gasteiger charge is 2.13. The SMILES string of the molecule is O=C(Cn1nc2ccc(-c3ccccc3)nn2c1=O)Nc1cccc(Br)c1. The summed E-state index contributed by atoms with van der Waals surface area (Å²) in [6, 6.07) is 20.3. The van der Waals surface area contributed by atoms with Gasteiger partial charge in [0, 0.05) is 15.7 Å². The van der Waals surface area contributed by atoms with E-state index >= 15 is 0 Å². The highest BCUT2D eigenvalue weighted by Crippen LogP contribution is 2.16. The minimum atomic E-state index is -0.466. The minimum Gasteiger partial charge on any atom is -0.324 e. The molecule has 0 radical (unpaired) electrons. The molecule has 1 N–H and O–H groups in total. The van der Waals surface area contributed by atoms with Crippen LogP contribution in [-0.2, 0) is 11.3 Å². The number of fused-ring (bicyclic) bond motifs is 1. The second kappa shape index (κ2) is 7.16. The predicted octanol–water partition coefficient (Wildman–Crippen LogP) is 2.96. The lowest BCUT2D eigenvalue weighted by Crippen LogP contribution is -2.28. The maximum absolute atomic E-state index is 12.6. The molecule has 27 heavy (non-hydrogen) atoms. The van der Waals surface area contributed by atoms with Gasteiger partial charge in [-0.3, -0.25) is 4.79 Å². The van der Waals surface area contributed by atoms with Crippen LogP contribution in [0.1, 0.15) is 0 Å². The van der Waals surface area contributed by atoms with Crippen LogP contribution in [0.15, 0.2) is 76.0 Å². The molecule has 7 nitrogen and oxygen atoms in total. The highest BCUT2D eigenvalue weighted by molar-refractivity contribution is 9.10. The molecular weight excluding hydrogens is 410 g/mol. The monoisotopic (exact) mass is 423 g/mol. The Bertz CT molecular complexity index is 1180. The summed E-state index contributed by atoms with van der Waals surface area (Å²) in [5.41, 5.74) is 2.10. The fourth-order valence-corrected chi connectivity index (χ4v) is 3.08. The Labute approximate surface area is 162 Å². The van der Waals surface area contributed by atoms with E-state index in [0.717, 1.165) is 14.7 Å². The lowest BCUT2D eigenvalue weighted by atomic mass is 10.1. The zero-order chi connectivity index (χ0) is 18.8. The van der Waals surface area contributed by atoms with Crippen LogP contribution in [0.3, 0.4) is 0 Å². The number of nitrogens with one attached hydrogen (secondary N) is 1. The molecule has 4 rings (SSSR count). The molecule has 4 aromatic rings. The van der Waals surface area contributed by atoms with E-state index < -0.39 is 5.69 Å². The van der Waals surface area contributed by atoms with E-state index in [9.17, 15) is 9.59 Å². The number of hydrogen-bond donors (Lipinski definition) is 1. The van der Waals surface area contributed by atoms with E-state index in [1.54, 1.807) is 24.3 Å². The zero-order valence-electron chi connectivity index (χ0n) is 14.0. The standard InChI is InChI=1S/C19H14BrN5O2/c20-14-7-4-8-15(11-14)21-18(26)12-24-19(27)25-17(23-24)10-9-16(22-25)13-5-2-1-3-6-13/h1-11H,12H2,(H,21,26). The number of benzene rings is 2. The van der Waals surface area contributed by atoms with Crippen molar-refractivity contribution in [1.29, 1.82) is 0 Å². The van der Waals surface area contributed by atoms with Gasteiger partial charge in [0.2, 0.25) is 5.91 Å². The normalized spacial score (nSPS) is 10.9. The average Bonchev–Trinajstić information content (AvgIpc) is 2.97. The minimum absolute atomic E-state index is 0.199. The van der Waals surface area contributed by atoms with Crippen molar-refractivity contribution in [2.45, 2.75) is 6.54 Å². The molecule has 2 aromatic heterocycles. The van der Waals surface area contributed by atoms with Gasteiger partial charge in [-0.15, -0.1) is 5.10 Å². The van der Waals surface area contributed by atoms with E-state index in [-0.39, 0.29) is 12.5 Å². The fourth-order valence-electron chi connectivity index (χ4n) is 2.68. The molecule has 2 heterocycles. The van der Waals surface area contributed by atoms with Crippen LogP contribution < -0.4 is 11.0 Å². The van der Waals surface area contributed by atoms with Crippen molar-refractivity contribution in [3.63, 3.8) is 0 Å². The van der Waals surface area contributed by atoms with Gasteiger partial charge in [-0.05, 0) is 30.3 Å². The van der Waals surface area contributed by atoms with Crippen molar-refractivity contribution in [3.8, 4) is 11.3 Å².